The standard InChI is InChI=1S/C36H44O2/c1-24(14-16-30(25-10-6-4-7-11-25)26-12-8-5-9-13-26)27-20-32-31-17-15-28-21-29-18-19-35(28,3)36(31,38-29)33(37)23-34(32,2)22-27/h4-13,16,24,27-29,31-32H,14-15,17-23H2,1-3H3/t24-,27+,28-,29-,31-,32-,34+,35-,36-/m1/s1. The van der Waals surface area contributed by atoms with Crippen molar-refractivity contribution in [2.24, 2.45) is 40.4 Å². The Balaban J connectivity index is 1.15. The normalized spacial score (nSPS) is 41.8. The first-order valence-corrected chi connectivity index (χ1v) is 15.4. The summed E-state index contributed by atoms with van der Waals surface area (Å²) in [7, 11) is 0. The summed E-state index contributed by atoms with van der Waals surface area (Å²) in [6.07, 6.45) is 13.2. The molecule has 0 N–H and O–H groups in total. The number of hydrogen-bond donors (Lipinski definition) is 0. The van der Waals surface area contributed by atoms with E-state index in [9.17, 15) is 4.79 Å². The maximum Gasteiger partial charge on any atom is 0.166 e. The van der Waals surface area contributed by atoms with E-state index in [2.05, 4.69) is 87.5 Å². The average Bonchev–Trinajstić information content (AvgIpc) is 3.27. The molecule has 0 amide bonds. The summed E-state index contributed by atoms with van der Waals surface area (Å²) in [4.78, 5) is 14.2. The molecule has 4 aliphatic carbocycles. The molecule has 2 aliphatic heterocycles. The van der Waals surface area contributed by atoms with Gasteiger partial charge in [0.2, 0.25) is 0 Å². The van der Waals surface area contributed by atoms with Crippen LogP contribution in [0.15, 0.2) is 66.7 Å². The van der Waals surface area contributed by atoms with E-state index in [0.717, 1.165) is 19.3 Å². The zero-order valence-corrected chi connectivity index (χ0v) is 23.5. The van der Waals surface area contributed by atoms with Gasteiger partial charge < -0.3 is 4.74 Å². The fourth-order valence-corrected chi connectivity index (χ4v) is 10.3. The van der Waals surface area contributed by atoms with Gasteiger partial charge in [-0.2, -0.15) is 0 Å². The summed E-state index contributed by atoms with van der Waals surface area (Å²) in [6, 6.07) is 21.7. The summed E-state index contributed by atoms with van der Waals surface area (Å²) < 4.78 is 6.93. The summed E-state index contributed by atoms with van der Waals surface area (Å²) in [5.41, 5.74) is 3.65. The van der Waals surface area contributed by atoms with Gasteiger partial charge in [-0.1, -0.05) is 87.5 Å². The molecule has 8 rings (SSSR count). The molecule has 6 fully saturated rings. The molecule has 2 nitrogen and oxygen atoms in total. The van der Waals surface area contributed by atoms with Crippen LogP contribution in [-0.4, -0.2) is 17.5 Å². The molecule has 6 aliphatic rings. The first-order chi connectivity index (χ1) is 18.3. The Kier molecular flexibility index (Phi) is 5.82. The van der Waals surface area contributed by atoms with Crippen LogP contribution in [0.4, 0.5) is 0 Å². The van der Waals surface area contributed by atoms with E-state index in [-0.39, 0.29) is 10.8 Å². The van der Waals surface area contributed by atoms with Gasteiger partial charge in [0.05, 0.1) is 6.10 Å². The fraction of sp³-hybridized carbons (Fsp3) is 0.583. The number of carbonyl (C=O) groups is 1. The average molecular weight is 509 g/mol. The Morgan fingerprint density at radius 2 is 1.63 bits per heavy atom. The third-order valence-electron chi connectivity index (χ3n) is 12.3. The largest absolute Gasteiger partial charge is 0.363 e. The monoisotopic (exact) mass is 508 g/mol. The second-order valence-electron chi connectivity index (χ2n) is 14.2. The van der Waals surface area contributed by atoms with E-state index >= 15 is 0 Å². The van der Waals surface area contributed by atoms with Crippen molar-refractivity contribution in [3.8, 4) is 0 Å². The second kappa shape index (κ2) is 8.91. The predicted molar refractivity (Wildman–Crippen MR) is 153 cm³/mol. The second-order valence-corrected chi connectivity index (χ2v) is 14.2. The van der Waals surface area contributed by atoms with Crippen LogP contribution in [-0.2, 0) is 9.53 Å². The maximum atomic E-state index is 14.2. The highest BCUT2D eigenvalue weighted by atomic mass is 16.5. The van der Waals surface area contributed by atoms with E-state index < -0.39 is 5.60 Å². The summed E-state index contributed by atoms with van der Waals surface area (Å²) in [5.74, 6) is 3.48. The van der Waals surface area contributed by atoms with Crippen LogP contribution in [0.25, 0.3) is 5.57 Å². The van der Waals surface area contributed by atoms with Crippen LogP contribution in [0.2, 0.25) is 0 Å². The zero-order chi connectivity index (χ0) is 26.1. The molecular formula is C36H44O2. The number of carbonyl (C=O) groups excluding carboxylic acids is 1. The molecule has 2 aromatic carbocycles. The van der Waals surface area contributed by atoms with Crippen molar-refractivity contribution in [3.05, 3.63) is 77.9 Å². The number of allylic oxidation sites excluding steroid dienone is 1. The third kappa shape index (κ3) is 3.51. The summed E-state index contributed by atoms with van der Waals surface area (Å²) in [6.45, 7) is 7.36. The van der Waals surface area contributed by atoms with E-state index in [1.54, 1.807) is 0 Å². The van der Waals surface area contributed by atoms with Gasteiger partial charge in [-0.25, -0.2) is 0 Å². The van der Waals surface area contributed by atoms with Crippen molar-refractivity contribution in [2.45, 2.75) is 90.3 Å². The molecule has 0 unspecified atom stereocenters. The molecular weight excluding hydrogens is 464 g/mol. The first-order valence-electron chi connectivity index (χ1n) is 15.4. The number of hydrogen-bond acceptors (Lipinski definition) is 2. The zero-order valence-electron chi connectivity index (χ0n) is 23.5. The number of ketones is 1. The van der Waals surface area contributed by atoms with Crippen LogP contribution >= 0.6 is 0 Å². The Labute approximate surface area is 229 Å². The van der Waals surface area contributed by atoms with Crippen LogP contribution in [0, 0.1) is 40.4 Å². The molecule has 2 aromatic rings. The first kappa shape index (κ1) is 24.8. The quantitative estimate of drug-likeness (QED) is 0.405. The van der Waals surface area contributed by atoms with Gasteiger partial charge in [0.1, 0.15) is 5.60 Å². The van der Waals surface area contributed by atoms with Crippen LogP contribution in [0.3, 0.4) is 0 Å². The van der Waals surface area contributed by atoms with Gasteiger partial charge in [-0.05, 0) is 103 Å². The minimum absolute atomic E-state index is 0.0653. The molecule has 2 heteroatoms. The fourth-order valence-electron chi connectivity index (χ4n) is 10.3. The lowest BCUT2D eigenvalue weighted by atomic mass is 9.41. The lowest BCUT2D eigenvalue weighted by Gasteiger charge is -2.70. The highest BCUT2D eigenvalue weighted by Crippen LogP contribution is 2.72. The summed E-state index contributed by atoms with van der Waals surface area (Å²) >= 11 is 0. The van der Waals surface area contributed by atoms with E-state index in [1.165, 1.54) is 55.2 Å². The number of fused-ring (bicyclic) bond motifs is 3. The van der Waals surface area contributed by atoms with Gasteiger partial charge >= 0.3 is 0 Å². The van der Waals surface area contributed by atoms with Gasteiger partial charge in [-0.15, -0.1) is 0 Å². The molecule has 4 bridgehead atoms. The number of Topliss-reactive ketones (excluding diaryl/α,β-unsaturated/α-hetero) is 1. The van der Waals surface area contributed by atoms with Crippen molar-refractivity contribution in [1.82, 2.24) is 0 Å². The molecule has 4 saturated carbocycles. The molecule has 38 heavy (non-hydrogen) atoms. The third-order valence-corrected chi connectivity index (χ3v) is 12.3. The highest BCUT2D eigenvalue weighted by molar-refractivity contribution is 5.91. The minimum atomic E-state index is -0.479. The van der Waals surface area contributed by atoms with Crippen molar-refractivity contribution < 1.29 is 9.53 Å². The van der Waals surface area contributed by atoms with E-state index in [0.29, 0.717) is 41.5 Å². The summed E-state index contributed by atoms with van der Waals surface area (Å²) in [5, 5.41) is 0. The van der Waals surface area contributed by atoms with E-state index in [1.807, 2.05) is 0 Å². The van der Waals surface area contributed by atoms with Crippen LogP contribution in [0.1, 0.15) is 89.7 Å². The lowest BCUT2D eigenvalue weighted by Crippen LogP contribution is -2.74. The van der Waals surface area contributed by atoms with Gasteiger partial charge in [-0.3, -0.25) is 4.79 Å². The molecule has 2 heterocycles. The predicted octanol–water partition coefficient (Wildman–Crippen LogP) is 8.50. The Morgan fingerprint density at radius 1 is 0.947 bits per heavy atom. The van der Waals surface area contributed by atoms with Gasteiger partial charge in [0, 0.05) is 11.8 Å². The van der Waals surface area contributed by atoms with E-state index in [4.69, 9.17) is 4.74 Å². The highest BCUT2D eigenvalue weighted by Gasteiger charge is 2.74. The molecule has 2 saturated heterocycles. The van der Waals surface area contributed by atoms with Crippen LogP contribution < -0.4 is 0 Å². The minimum Gasteiger partial charge on any atom is -0.363 e. The number of ether oxygens (including phenoxy) is 1. The number of rotatable bonds is 5. The molecule has 200 valence electrons. The van der Waals surface area contributed by atoms with Crippen molar-refractivity contribution in [1.29, 1.82) is 0 Å². The number of benzene rings is 2. The SMILES string of the molecule is C[C@H](CC=C(c1ccccc1)c1ccccc1)[C@H]1C[C@@H]2[C@H]3CC[C@@H]4C[C@H]5CC[C@@]4(C)[C@]3(O5)C(=O)C[C@]2(C)C1. The van der Waals surface area contributed by atoms with Crippen molar-refractivity contribution in [3.63, 3.8) is 0 Å². The van der Waals surface area contributed by atoms with Crippen LogP contribution in [0.5, 0.6) is 0 Å². The van der Waals surface area contributed by atoms with Gasteiger partial charge in [0.15, 0.2) is 5.78 Å². The van der Waals surface area contributed by atoms with Crippen molar-refractivity contribution in [2.75, 3.05) is 0 Å². The topological polar surface area (TPSA) is 26.3 Å². The Morgan fingerprint density at radius 3 is 2.32 bits per heavy atom. The van der Waals surface area contributed by atoms with Crippen molar-refractivity contribution >= 4 is 11.4 Å². The van der Waals surface area contributed by atoms with Gasteiger partial charge in [0.25, 0.3) is 0 Å². The molecule has 0 radical (unpaired) electrons. The Bertz CT molecular complexity index is 1190. The Hall–Kier alpha value is -2.19. The molecule has 0 aromatic heterocycles. The molecule has 1 spiro atoms. The lowest BCUT2D eigenvalue weighted by molar-refractivity contribution is -0.306. The molecule has 9 atom stereocenters. The maximum absolute atomic E-state index is 14.2. The smallest absolute Gasteiger partial charge is 0.166 e.